The third-order valence-electron chi connectivity index (χ3n) is 5.71. The number of rotatable bonds is 3. The summed E-state index contributed by atoms with van der Waals surface area (Å²) in [6.07, 6.45) is 3.64. The lowest BCUT2D eigenvalue weighted by Crippen LogP contribution is -2.37. The van der Waals surface area contributed by atoms with Gasteiger partial charge in [0.2, 0.25) is 0 Å². The molecule has 3 aromatic rings. The first-order valence-electron chi connectivity index (χ1n) is 10.9. The zero-order chi connectivity index (χ0) is 23.5. The van der Waals surface area contributed by atoms with Crippen molar-refractivity contribution < 1.29 is 13.9 Å². The van der Waals surface area contributed by atoms with Gasteiger partial charge in [0.05, 0.1) is 24.5 Å². The molecule has 1 aromatic carbocycles. The summed E-state index contributed by atoms with van der Waals surface area (Å²) in [4.78, 5) is 21.6. The predicted molar refractivity (Wildman–Crippen MR) is 126 cm³/mol. The molecule has 1 fully saturated rings. The molecule has 0 unspecified atom stereocenters. The third-order valence-corrected chi connectivity index (χ3v) is 5.95. The second kappa shape index (κ2) is 9.89. The number of halogens is 2. The Hall–Kier alpha value is -2.97. The number of aromatic nitrogens is 3. The molecule has 2 aliphatic heterocycles. The minimum absolute atomic E-state index is 0.0347. The van der Waals surface area contributed by atoms with Gasteiger partial charge in [0.1, 0.15) is 11.6 Å². The van der Waals surface area contributed by atoms with Crippen molar-refractivity contribution in [2.75, 3.05) is 31.2 Å². The Kier molecular flexibility index (Phi) is 6.95. The molecule has 2 aromatic heterocycles. The molecule has 0 bridgehead atoms. The fourth-order valence-corrected chi connectivity index (χ4v) is 4.09. The summed E-state index contributed by atoms with van der Waals surface area (Å²) in [6, 6.07) is 8.34. The van der Waals surface area contributed by atoms with Crippen LogP contribution in [-0.2, 0) is 18.3 Å². The van der Waals surface area contributed by atoms with E-state index in [2.05, 4.69) is 10.00 Å². The molecule has 174 valence electrons. The highest BCUT2D eigenvalue weighted by Crippen LogP contribution is 2.36. The molecular formula is C24H27ClFN5O2. The Balaban J connectivity index is 0.000000376. The molecule has 5 rings (SSSR count). The molecule has 9 heteroatoms. The normalized spacial score (nSPS) is 15.5. The van der Waals surface area contributed by atoms with E-state index in [0.717, 1.165) is 5.56 Å². The lowest BCUT2D eigenvalue weighted by molar-refractivity contribution is 0.0730. The first kappa shape index (κ1) is 23.2. The highest BCUT2D eigenvalue weighted by atomic mass is 35.5. The molecule has 4 heterocycles. The summed E-state index contributed by atoms with van der Waals surface area (Å²) in [5, 5.41) is 4.16. The molecule has 1 amide bonds. The van der Waals surface area contributed by atoms with Crippen LogP contribution in [0.2, 0.25) is 5.02 Å². The largest absolute Gasteiger partial charge is 0.378 e. The van der Waals surface area contributed by atoms with Crippen molar-refractivity contribution in [3.63, 3.8) is 0 Å². The van der Waals surface area contributed by atoms with Crippen LogP contribution in [0.1, 0.15) is 29.8 Å². The van der Waals surface area contributed by atoms with Gasteiger partial charge in [-0.1, -0.05) is 11.6 Å². The summed E-state index contributed by atoms with van der Waals surface area (Å²) in [5.74, 6) is 0.208. The lowest BCUT2D eigenvalue weighted by atomic mass is 10.0. The number of anilines is 1. The van der Waals surface area contributed by atoms with E-state index >= 15 is 0 Å². The van der Waals surface area contributed by atoms with Crippen LogP contribution in [-0.4, -0.2) is 57.9 Å². The number of hydrogen-bond donors (Lipinski definition) is 0. The van der Waals surface area contributed by atoms with E-state index in [4.69, 9.17) is 21.3 Å². The summed E-state index contributed by atoms with van der Waals surface area (Å²) in [6.45, 7) is 6.97. The maximum atomic E-state index is 14.7. The van der Waals surface area contributed by atoms with Crippen molar-refractivity contribution in [1.29, 1.82) is 0 Å². The molecular weight excluding hydrogens is 445 g/mol. The topological polar surface area (TPSA) is 63.5 Å². The molecule has 0 atom stereocenters. The summed E-state index contributed by atoms with van der Waals surface area (Å²) >= 11 is 5.92. The summed E-state index contributed by atoms with van der Waals surface area (Å²) in [7, 11) is 1.89. The van der Waals surface area contributed by atoms with E-state index < -0.39 is 5.82 Å². The molecule has 7 nitrogen and oxygen atoms in total. The average molecular weight is 472 g/mol. The minimum atomic E-state index is -0.438. The Morgan fingerprint density at radius 2 is 1.91 bits per heavy atom. The number of morpholine rings is 1. The smallest absolute Gasteiger partial charge is 0.254 e. The molecule has 2 aliphatic rings. The minimum Gasteiger partial charge on any atom is -0.378 e. The van der Waals surface area contributed by atoms with Gasteiger partial charge in [0.15, 0.2) is 0 Å². The first-order chi connectivity index (χ1) is 15.8. The van der Waals surface area contributed by atoms with Crippen LogP contribution in [0.15, 0.2) is 42.7 Å². The summed E-state index contributed by atoms with van der Waals surface area (Å²) < 4.78 is 21.8. The van der Waals surface area contributed by atoms with Crippen molar-refractivity contribution in [3.8, 4) is 11.3 Å². The number of carbonyl (C=O) groups excluding carboxylic acids is 1. The van der Waals surface area contributed by atoms with Crippen LogP contribution in [0.4, 0.5) is 10.2 Å². The SMILES string of the molecule is CC(C)N1Cc2c(cc(N3CCOCC3)nc2-c2ccc(Cl)cc2F)C1=O.Cn1cccn1. The number of carbonyl (C=O) groups is 1. The number of nitrogens with zero attached hydrogens (tertiary/aromatic N) is 5. The number of hydrogen-bond acceptors (Lipinski definition) is 5. The molecule has 0 aliphatic carbocycles. The van der Waals surface area contributed by atoms with Crippen molar-refractivity contribution in [2.24, 2.45) is 7.05 Å². The molecule has 33 heavy (non-hydrogen) atoms. The van der Waals surface area contributed by atoms with Crippen molar-refractivity contribution in [2.45, 2.75) is 26.4 Å². The predicted octanol–water partition coefficient (Wildman–Crippen LogP) is 4.16. The fourth-order valence-electron chi connectivity index (χ4n) is 3.93. The van der Waals surface area contributed by atoms with Gasteiger partial charge in [0, 0.05) is 61.3 Å². The Morgan fingerprint density at radius 3 is 2.48 bits per heavy atom. The highest BCUT2D eigenvalue weighted by molar-refractivity contribution is 6.30. The van der Waals surface area contributed by atoms with Crippen LogP contribution in [0.5, 0.6) is 0 Å². The third kappa shape index (κ3) is 5.02. The first-order valence-corrected chi connectivity index (χ1v) is 11.3. The van der Waals surface area contributed by atoms with Crippen molar-refractivity contribution in [3.05, 3.63) is 64.7 Å². The van der Waals surface area contributed by atoms with Gasteiger partial charge in [0.25, 0.3) is 5.91 Å². The van der Waals surface area contributed by atoms with Crippen molar-refractivity contribution >= 4 is 23.3 Å². The molecule has 0 N–H and O–H groups in total. The van der Waals surface area contributed by atoms with E-state index in [9.17, 15) is 9.18 Å². The van der Waals surface area contributed by atoms with E-state index in [0.29, 0.717) is 60.5 Å². The van der Waals surface area contributed by atoms with Gasteiger partial charge in [-0.15, -0.1) is 0 Å². The zero-order valence-electron chi connectivity index (χ0n) is 19.0. The van der Waals surface area contributed by atoms with Gasteiger partial charge < -0.3 is 14.5 Å². The maximum absolute atomic E-state index is 14.7. The fraction of sp³-hybridized carbons (Fsp3) is 0.375. The van der Waals surface area contributed by atoms with Crippen molar-refractivity contribution in [1.82, 2.24) is 19.7 Å². The number of aryl methyl sites for hydroxylation is 1. The van der Waals surface area contributed by atoms with Crippen LogP contribution in [0, 0.1) is 5.82 Å². The molecule has 1 saturated heterocycles. The van der Waals surface area contributed by atoms with Gasteiger partial charge in [-0.05, 0) is 44.2 Å². The van der Waals surface area contributed by atoms with Gasteiger partial charge in [-0.25, -0.2) is 9.37 Å². The lowest BCUT2D eigenvalue weighted by Gasteiger charge is -2.28. The molecule has 0 spiro atoms. The van der Waals surface area contributed by atoms with Gasteiger partial charge in [-0.2, -0.15) is 5.10 Å². The average Bonchev–Trinajstić information content (AvgIpc) is 3.41. The number of fused-ring (bicyclic) bond motifs is 1. The van der Waals surface area contributed by atoms with Crippen LogP contribution < -0.4 is 4.90 Å². The van der Waals surface area contributed by atoms with E-state index in [1.807, 2.05) is 39.2 Å². The second-order valence-corrected chi connectivity index (χ2v) is 8.72. The Bertz CT molecular complexity index is 1130. The maximum Gasteiger partial charge on any atom is 0.254 e. The van der Waals surface area contributed by atoms with E-state index in [-0.39, 0.29) is 11.9 Å². The van der Waals surface area contributed by atoms with Gasteiger partial charge in [-0.3, -0.25) is 9.48 Å². The highest BCUT2D eigenvalue weighted by Gasteiger charge is 2.34. The molecule has 0 radical (unpaired) electrons. The molecule has 0 saturated carbocycles. The van der Waals surface area contributed by atoms with Crippen LogP contribution >= 0.6 is 11.6 Å². The number of benzene rings is 1. The van der Waals surface area contributed by atoms with E-state index in [1.54, 1.807) is 27.9 Å². The van der Waals surface area contributed by atoms with E-state index in [1.165, 1.54) is 6.07 Å². The second-order valence-electron chi connectivity index (χ2n) is 8.29. The zero-order valence-corrected chi connectivity index (χ0v) is 19.7. The van der Waals surface area contributed by atoms with Crippen LogP contribution in [0.3, 0.4) is 0 Å². The van der Waals surface area contributed by atoms with Gasteiger partial charge >= 0.3 is 0 Å². The number of amides is 1. The number of pyridine rings is 1. The number of ether oxygens (including phenoxy) is 1. The summed E-state index contributed by atoms with van der Waals surface area (Å²) in [5.41, 5.74) is 2.25. The Morgan fingerprint density at radius 1 is 1.15 bits per heavy atom. The standard InChI is InChI=1S/C20H21ClFN3O2.C4H6N2/c1-12(2)25-11-16-15(20(25)26)10-18(24-5-7-27-8-6-24)23-19(16)14-4-3-13(21)9-17(14)22;1-6-4-2-3-5-6/h3-4,9-10,12H,5-8,11H2,1-2H3;2-4H,1H3. The monoisotopic (exact) mass is 471 g/mol. The Labute approximate surface area is 197 Å². The quantitative estimate of drug-likeness (QED) is 0.574. The van der Waals surface area contributed by atoms with Crippen LogP contribution in [0.25, 0.3) is 11.3 Å².